The molecule has 0 bridgehead atoms. The summed E-state index contributed by atoms with van der Waals surface area (Å²) >= 11 is 0. The predicted octanol–water partition coefficient (Wildman–Crippen LogP) is -3.72. The third kappa shape index (κ3) is 131. The van der Waals surface area contributed by atoms with Crippen molar-refractivity contribution >= 4 is 5.97 Å². The van der Waals surface area contributed by atoms with Crippen molar-refractivity contribution in [3.63, 3.8) is 0 Å². The fourth-order valence-electron chi connectivity index (χ4n) is 0. The van der Waals surface area contributed by atoms with Crippen molar-refractivity contribution in [3.05, 3.63) is 0 Å². The molecule has 0 aliphatic rings. The van der Waals surface area contributed by atoms with Gasteiger partial charge < -0.3 is 20.8 Å². The van der Waals surface area contributed by atoms with Gasteiger partial charge in [0.2, 0.25) is 0 Å². The van der Waals surface area contributed by atoms with Crippen LogP contribution in [-0.4, -0.2) is 39.5 Å². The molecular formula is C5H13NaO5. The fourth-order valence-corrected chi connectivity index (χ4v) is 0. The first kappa shape index (κ1) is 22.5. The molecule has 0 fully saturated rings. The summed E-state index contributed by atoms with van der Waals surface area (Å²) in [5.41, 5.74) is 0. The van der Waals surface area contributed by atoms with Crippen LogP contribution in [-0.2, 0) is 4.79 Å². The van der Waals surface area contributed by atoms with Crippen LogP contribution in [0, 0.1) is 0 Å². The monoisotopic (exact) mass is 176 g/mol. The first-order valence-electron chi connectivity index (χ1n) is 2.49. The molecule has 0 aromatic heterocycles. The Kier molecular flexibility index (Phi) is 34.3. The van der Waals surface area contributed by atoms with E-state index in [1.54, 1.807) is 0 Å². The summed E-state index contributed by atoms with van der Waals surface area (Å²) in [6, 6.07) is 0. The summed E-state index contributed by atoms with van der Waals surface area (Å²) in [7, 11) is 0. The van der Waals surface area contributed by atoms with Gasteiger partial charge in [0, 0.05) is 6.92 Å². The van der Waals surface area contributed by atoms with Crippen molar-refractivity contribution in [2.75, 3.05) is 6.61 Å². The fraction of sp³-hybridized carbons (Fsp3) is 0.800. The number of carboxylic acid groups (broad SMARTS) is 1. The van der Waals surface area contributed by atoms with Crippen LogP contribution in [0.25, 0.3) is 0 Å². The Bertz CT molecular complexity index is 71.3. The van der Waals surface area contributed by atoms with Crippen molar-refractivity contribution in [1.82, 2.24) is 0 Å². The molecule has 5 nitrogen and oxygen atoms in total. The van der Waals surface area contributed by atoms with E-state index in [0.29, 0.717) is 0 Å². The van der Waals surface area contributed by atoms with E-state index in [-0.39, 0.29) is 41.6 Å². The van der Waals surface area contributed by atoms with E-state index >= 15 is 0 Å². The minimum atomic E-state index is -0.833. The third-order valence-electron chi connectivity index (χ3n) is 0.264. The Hall–Kier alpha value is 0.350. The molecule has 0 aliphatic heterocycles. The van der Waals surface area contributed by atoms with Gasteiger partial charge in [0.1, 0.15) is 0 Å². The van der Waals surface area contributed by atoms with Crippen molar-refractivity contribution in [2.24, 2.45) is 0 Å². The van der Waals surface area contributed by atoms with Crippen LogP contribution in [0.15, 0.2) is 0 Å². The minimum Gasteiger partial charge on any atom is -0.870 e. The number of hydrogen-bond donors (Lipinski definition) is 3. The Morgan fingerprint density at radius 3 is 1.64 bits per heavy atom. The van der Waals surface area contributed by atoms with Gasteiger partial charge in [-0.15, -0.1) is 0 Å². The molecule has 11 heavy (non-hydrogen) atoms. The van der Waals surface area contributed by atoms with Crippen LogP contribution >= 0.6 is 0 Å². The van der Waals surface area contributed by atoms with E-state index in [1.165, 1.54) is 6.92 Å². The van der Waals surface area contributed by atoms with E-state index in [2.05, 4.69) is 0 Å². The van der Waals surface area contributed by atoms with Gasteiger partial charge in [-0.1, -0.05) is 0 Å². The number of aliphatic hydroxyl groups is 2. The summed E-state index contributed by atoms with van der Waals surface area (Å²) in [5, 5.41) is 23.4. The average Bonchev–Trinajstić information content (AvgIpc) is 1.65. The van der Waals surface area contributed by atoms with E-state index < -0.39 is 12.1 Å². The summed E-state index contributed by atoms with van der Waals surface area (Å²) in [4.78, 5) is 9.00. The molecule has 6 heteroatoms. The van der Waals surface area contributed by atoms with Gasteiger partial charge >= 0.3 is 29.6 Å². The Morgan fingerprint density at radius 2 is 1.64 bits per heavy atom. The van der Waals surface area contributed by atoms with Crippen LogP contribution in [0.1, 0.15) is 13.8 Å². The van der Waals surface area contributed by atoms with Crippen molar-refractivity contribution in [1.29, 1.82) is 0 Å². The molecule has 1 atom stereocenters. The second-order valence-electron chi connectivity index (χ2n) is 1.55. The molecular weight excluding hydrogens is 163 g/mol. The van der Waals surface area contributed by atoms with Crippen molar-refractivity contribution in [3.8, 4) is 0 Å². The number of aliphatic hydroxyl groups excluding tert-OH is 2. The largest absolute Gasteiger partial charge is 1.00 e. The van der Waals surface area contributed by atoms with E-state index in [4.69, 9.17) is 20.1 Å². The molecule has 0 aliphatic carbocycles. The SMILES string of the molecule is CC(=O)O.CC(O)CO.[Na+].[OH-]. The second kappa shape index (κ2) is 16.7. The van der Waals surface area contributed by atoms with Gasteiger partial charge in [0.25, 0.3) is 5.97 Å². The molecule has 0 saturated heterocycles. The number of rotatable bonds is 1. The smallest absolute Gasteiger partial charge is 0.870 e. The standard InChI is InChI=1S/C3H8O2.C2H4O2.Na.H2O/c1-3(5)2-4;1-2(3)4;;/h3-5H,2H2,1H3;1H3,(H,3,4);;1H2/q;;+1;/p-1. The summed E-state index contributed by atoms with van der Waals surface area (Å²) in [6.45, 7) is 2.47. The van der Waals surface area contributed by atoms with Gasteiger partial charge in [-0.3, -0.25) is 4.79 Å². The van der Waals surface area contributed by atoms with Crippen LogP contribution in [0.3, 0.4) is 0 Å². The average molecular weight is 176 g/mol. The van der Waals surface area contributed by atoms with E-state index in [1.807, 2.05) is 0 Å². The predicted molar refractivity (Wildman–Crippen MR) is 34.0 cm³/mol. The third-order valence-corrected chi connectivity index (χ3v) is 0.264. The Balaban J connectivity index is -0.0000000383. The van der Waals surface area contributed by atoms with Crippen LogP contribution in [0.4, 0.5) is 0 Å². The summed E-state index contributed by atoms with van der Waals surface area (Å²) < 4.78 is 0. The van der Waals surface area contributed by atoms with Crippen molar-refractivity contribution in [2.45, 2.75) is 20.0 Å². The maximum atomic E-state index is 9.00. The second-order valence-corrected chi connectivity index (χ2v) is 1.55. The zero-order valence-electron chi connectivity index (χ0n) is 6.98. The zero-order chi connectivity index (χ0) is 7.86. The minimum absolute atomic E-state index is 0. The molecule has 0 amide bonds. The zero-order valence-corrected chi connectivity index (χ0v) is 8.98. The quantitative estimate of drug-likeness (QED) is 0.356. The van der Waals surface area contributed by atoms with E-state index in [0.717, 1.165) is 6.92 Å². The first-order valence-corrected chi connectivity index (χ1v) is 2.49. The van der Waals surface area contributed by atoms with Crippen LogP contribution in [0.5, 0.6) is 0 Å². The van der Waals surface area contributed by atoms with E-state index in [9.17, 15) is 0 Å². The molecule has 64 valence electrons. The van der Waals surface area contributed by atoms with Gasteiger partial charge in [0.05, 0.1) is 12.7 Å². The number of carboxylic acids is 1. The molecule has 4 N–H and O–H groups in total. The van der Waals surface area contributed by atoms with Crippen LogP contribution in [0.2, 0.25) is 0 Å². The first-order chi connectivity index (χ1) is 4.00. The number of hydrogen-bond acceptors (Lipinski definition) is 4. The normalized spacial score (nSPS) is 9.09. The molecule has 0 saturated carbocycles. The molecule has 0 aromatic carbocycles. The van der Waals surface area contributed by atoms with Gasteiger partial charge in [-0.05, 0) is 6.92 Å². The molecule has 0 heterocycles. The molecule has 0 rings (SSSR count). The Morgan fingerprint density at radius 1 is 1.55 bits per heavy atom. The van der Waals surface area contributed by atoms with Crippen molar-refractivity contribution < 1.29 is 55.1 Å². The van der Waals surface area contributed by atoms with Gasteiger partial charge in [0.15, 0.2) is 0 Å². The molecule has 0 spiro atoms. The summed E-state index contributed by atoms with van der Waals surface area (Å²) in [5.74, 6) is -0.833. The van der Waals surface area contributed by atoms with Gasteiger partial charge in [-0.25, -0.2) is 0 Å². The maximum absolute atomic E-state index is 9.00. The Labute approximate surface area is 87.6 Å². The number of aliphatic carboxylic acids is 1. The molecule has 1 unspecified atom stereocenters. The number of carbonyl (C=O) groups is 1. The topological polar surface area (TPSA) is 108 Å². The maximum Gasteiger partial charge on any atom is 1.00 e. The van der Waals surface area contributed by atoms with Crippen LogP contribution < -0.4 is 29.6 Å². The molecule has 0 aromatic rings. The molecule has 0 radical (unpaired) electrons. The van der Waals surface area contributed by atoms with Gasteiger partial charge in [-0.2, -0.15) is 0 Å². The summed E-state index contributed by atoms with van der Waals surface area (Å²) in [6.07, 6.45) is -0.560.